The highest BCUT2D eigenvalue weighted by molar-refractivity contribution is 5.76. The van der Waals surface area contributed by atoms with Gasteiger partial charge in [-0.3, -0.25) is 14.0 Å². The molecule has 1 fully saturated rings. The average Bonchev–Trinajstić information content (AvgIpc) is 3.21. The van der Waals surface area contributed by atoms with Gasteiger partial charge in [-0.25, -0.2) is 4.79 Å². The van der Waals surface area contributed by atoms with E-state index in [1.807, 2.05) is 13.2 Å². The number of aryl methyl sites for hydroxylation is 1. The van der Waals surface area contributed by atoms with Crippen LogP contribution in [0.15, 0.2) is 46.2 Å². The van der Waals surface area contributed by atoms with E-state index in [0.29, 0.717) is 17.5 Å². The molecule has 7 heteroatoms. The maximum Gasteiger partial charge on any atom is 0.328 e. The normalized spacial score (nSPS) is 20.7. The van der Waals surface area contributed by atoms with Crippen molar-refractivity contribution in [2.45, 2.75) is 25.0 Å². The fraction of sp³-hybridized carbons (Fsp3) is 0.353. The highest BCUT2D eigenvalue weighted by Gasteiger charge is 2.39. The first-order chi connectivity index (χ1) is 11.6. The number of fused-ring (bicyclic) bond motifs is 1. The lowest BCUT2D eigenvalue weighted by atomic mass is 9.93. The number of H-pyrrole nitrogens is 1. The smallest absolute Gasteiger partial charge is 0.328 e. The zero-order valence-corrected chi connectivity index (χ0v) is 13.4. The Morgan fingerprint density at radius 1 is 1.33 bits per heavy atom. The first-order valence-electron chi connectivity index (χ1n) is 7.94. The molecule has 1 aliphatic heterocycles. The van der Waals surface area contributed by atoms with Crippen LogP contribution in [-0.4, -0.2) is 25.9 Å². The maximum atomic E-state index is 12.8. The lowest BCUT2D eigenvalue weighted by Gasteiger charge is -2.27. The van der Waals surface area contributed by atoms with Crippen molar-refractivity contribution in [2.75, 3.05) is 6.61 Å². The number of hydrogen-bond donors (Lipinski definition) is 1. The lowest BCUT2D eigenvalue weighted by Crippen LogP contribution is -2.42. The summed E-state index contributed by atoms with van der Waals surface area (Å²) in [5.41, 5.74) is 0.0344. The second-order valence-electron chi connectivity index (χ2n) is 6.22. The van der Waals surface area contributed by atoms with Gasteiger partial charge in [-0.2, -0.15) is 5.10 Å². The minimum atomic E-state index is -0.687. The van der Waals surface area contributed by atoms with Crippen molar-refractivity contribution in [3.05, 3.63) is 63.1 Å². The molecule has 7 nitrogen and oxygen atoms in total. The molecule has 0 amide bonds. The molecule has 2 aromatic heterocycles. The van der Waals surface area contributed by atoms with Crippen LogP contribution in [-0.2, 0) is 23.9 Å². The van der Waals surface area contributed by atoms with Gasteiger partial charge < -0.3 is 9.72 Å². The third kappa shape index (κ3) is 2.28. The summed E-state index contributed by atoms with van der Waals surface area (Å²) in [5, 5.41) is 4.70. The quantitative estimate of drug-likeness (QED) is 0.782. The Labute approximate surface area is 137 Å². The van der Waals surface area contributed by atoms with Crippen LogP contribution in [0, 0.1) is 0 Å². The molecule has 0 saturated carbocycles. The van der Waals surface area contributed by atoms with Gasteiger partial charge in [0.1, 0.15) is 5.60 Å². The van der Waals surface area contributed by atoms with Crippen LogP contribution in [0.25, 0.3) is 10.9 Å². The Hall–Kier alpha value is -2.67. The number of para-hydroxylation sites is 1. The molecule has 1 atom stereocenters. The van der Waals surface area contributed by atoms with E-state index in [0.717, 1.165) is 18.4 Å². The van der Waals surface area contributed by atoms with E-state index in [4.69, 9.17) is 4.74 Å². The molecule has 3 heterocycles. The number of aromatic amines is 1. The SMILES string of the molecule is Cn1cc(C2(Cn3c(=O)[nH]c4ccccc4c3=O)CCCO2)cn1. The first-order valence-corrected chi connectivity index (χ1v) is 7.94. The Bertz CT molecular complexity index is 1010. The van der Waals surface area contributed by atoms with E-state index in [1.54, 1.807) is 35.1 Å². The van der Waals surface area contributed by atoms with E-state index in [-0.39, 0.29) is 12.1 Å². The molecule has 1 aliphatic rings. The average molecular weight is 326 g/mol. The fourth-order valence-corrected chi connectivity index (χ4v) is 3.40. The minimum Gasteiger partial charge on any atom is -0.368 e. The summed E-state index contributed by atoms with van der Waals surface area (Å²) in [7, 11) is 1.83. The summed E-state index contributed by atoms with van der Waals surface area (Å²) < 4.78 is 8.94. The summed E-state index contributed by atoms with van der Waals surface area (Å²) in [4.78, 5) is 28.0. The molecule has 0 spiro atoms. The minimum absolute atomic E-state index is 0.178. The van der Waals surface area contributed by atoms with E-state index in [9.17, 15) is 9.59 Å². The molecule has 0 bridgehead atoms. The summed E-state index contributed by atoms with van der Waals surface area (Å²) in [5.74, 6) is 0. The van der Waals surface area contributed by atoms with Crippen molar-refractivity contribution in [1.29, 1.82) is 0 Å². The molecule has 1 aromatic carbocycles. The lowest BCUT2D eigenvalue weighted by molar-refractivity contribution is -0.0159. The number of nitrogens with zero attached hydrogens (tertiary/aromatic N) is 3. The van der Waals surface area contributed by atoms with Crippen LogP contribution in [0.2, 0.25) is 0 Å². The zero-order valence-electron chi connectivity index (χ0n) is 13.4. The van der Waals surface area contributed by atoms with E-state index in [1.165, 1.54) is 4.57 Å². The van der Waals surface area contributed by atoms with Crippen molar-refractivity contribution < 1.29 is 4.74 Å². The second kappa shape index (κ2) is 5.45. The molecule has 1 unspecified atom stereocenters. The highest BCUT2D eigenvalue weighted by Crippen LogP contribution is 2.37. The maximum absolute atomic E-state index is 12.8. The Kier molecular flexibility index (Phi) is 3.38. The predicted octanol–water partition coefficient (Wildman–Crippen LogP) is 1.13. The van der Waals surface area contributed by atoms with E-state index >= 15 is 0 Å². The summed E-state index contributed by atoms with van der Waals surface area (Å²) in [6, 6.07) is 7.02. The molecular formula is C17H18N4O3. The Morgan fingerprint density at radius 3 is 2.88 bits per heavy atom. The number of hydrogen-bond acceptors (Lipinski definition) is 4. The molecule has 0 radical (unpaired) electrons. The van der Waals surface area contributed by atoms with Gasteiger partial charge in [0.15, 0.2) is 0 Å². The van der Waals surface area contributed by atoms with Gasteiger partial charge in [-0.15, -0.1) is 0 Å². The van der Waals surface area contributed by atoms with Gasteiger partial charge >= 0.3 is 5.69 Å². The zero-order chi connectivity index (χ0) is 16.7. The molecule has 3 aromatic rings. The fourth-order valence-electron chi connectivity index (χ4n) is 3.40. The second-order valence-corrected chi connectivity index (χ2v) is 6.22. The van der Waals surface area contributed by atoms with Gasteiger partial charge in [0.2, 0.25) is 0 Å². The van der Waals surface area contributed by atoms with Crippen molar-refractivity contribution in [3.63, 3.8) is 0 Å². The van der Waals surface area contributed by atoms with Gasteiger partial charge in [0.05, 0.1) is 23.6 Å². The molecule has 4 rings (SSSR count). The van der Waals surface area contributed by atoms with Crippen LogP contribution in [0.5, 0.6) is 0 Å². The Morgan fingerprint density at radius 2 is 2.17 bits per heavy atom. The number of benzene rings is 1. The van der Waals surface area contributed by atoms with Crippen molar-refractivity contribution in [3.8, 4) is 0 Å². The summed E-state index contributed by atoms with van der Waals surface area (Å²) in [6.45, 7) is 0.785. The van der Waals surface area contributed by atoms with Crippen LogP contribution in [0.1, 0.15) is 18.4 Å². The van der Waals surface area contributed by atoms with Crippen LogP contribution in [0.4, 0.5) is 0 Å². The van der Waals surface area contributed by atoms with E-state index in [2.05, 4.69) is 10.1 Å². The monoisotopic (exact) mass is 326 g/mol. The molecular weight excluding hydrogens is 308 g/mol. The molecule has 1 N–H and O–H groups in total. The molecule has 124 valence electrons. The third-order valence-electron chi connectivity index (χ3n) is 4.64. The predicted molar refractivity (Wildman–Crippen MR) is 88.9 cm³/mol. The van der Waals surface area contributed by atoms with Gasteiger partial charge in [-0.05, 0) is 25.0 Å². The van der Waals surface area contributed by atoms with Gasteiger partial charge in [0, 0.05) is 25.4 Å². The van der Waals surface area contributed by atoms with Crippen LogP contribution < -0.4 is 11.2 Å². The number of ether oxygens (including phenoxy) is 1. The summed E-state index contributed by atoms with van der Waals surface area (Å²) in [6.07, 6.45) is 5.25. The van der Waals surface area contributed by atoms with Crippen LogP contribution in [0.3, 0.4) is 0 Å². The summed E-state index contributed by atoms with van der Waals surface area (Å²) >= 11 is 0. The van der Waals surface area contributed by atoms with Crippen LogP contribution >= 0.6 is 0 Å². The highest BCUT2D eigenvalue weighted by atomic mass is 16.5. The topological polar surface area (TPSA) is 81.9 Å². The number of rotatable bonds is 3. The largest absolute Gasteiger partial charge is 0.368 e. The molecule has 1 saturated heterocycles. The van der Waals surface area contributed by atoms with Crippen molar-refractivity contribution in [2.24, 2.45) is 7.05 Å². The third-order valence-corrected chi connectivity index (χ3v) is 4.64. The number of nitrogens with one attached hydrogen (secondary N) is 1. The van der Waals surface area contributed by atoms with Gasteiger partial charge in [-0.1, -0.05) is 12.1 Å². The number of aromatic nitrogens is 4. The van der Waals surface area contributed by atoms with Gasteiger partial charge in [0.25, 0.3) is 5.56 Å². The first kappa shape index (κ1) is 14.9. The Balaban J connectivity index is 1.85. The van der Waals surface area contributed by atoms with Crippen molar-refractivity contribution in [1.82, 2.24) is 19.3 Å². The van der Waals surface area contributed by atoms with Crippen molar-refractivity contribution >= 4 is 10.9 Å². The molecule has 24 heavy (non-hydrogen) atoms. The standard InChI is InChI=1S/C17H18N4O3/c1-20-10-12(9-18-20)17(7-4-8-24-17)11-21-15(22)13-5-2-3-6-14(13)19-16(21)23/h2-3,5-6,9-10H,4,7-8,11H2,1H3,(H,19,23). The van der Waals surface area contributed by atoms with E-state index < -0.39 is 11.3 Å². The molecule has 0 aliphatic carbocycles.